The lowest BCUT2D eigenvalue weighted by Crippen LogP contribution is -2.49. The van der Waals surface area contributed by atoms with Crippen LogP contribution >= 0.6 is 0 Å². The Hall–Kier alpha value is -1.65. The van der Waals surface area contributed by atoms with Crippen molar-refractivity contribution in [2.75, 3.05) is 0 Å². The molecule has 0 saturated heterocycles. The highest BCUT2D eigenvalue weighted by atomic mass is 16.4. The number of aromatic amines is 1. The predicted octanol–water partition coefficient (Wildman–Crippen LogP) is 1.94. The topological polar surface area (TPSA) is 83.0 Å². The molecule has 2 N–H and O–H groups in total. The van der Waals surface area contributed by atoms with Gasteiger partial charge in [0.05, 0.1) is 6.20 Å². The number of carboxylic acid groups (broad SMARTS) is 1. The molecule has 4 fully saturated rings. The van der Waals surface area contributed by atoms with Crippen LogP contribution in [0.2, 0.25) is 0 Å². The van der Waals surface area contributed by atoms with E-state index in [-0.39, 0.29) is 11.0 Å². The van der Waals surface area contributed by atoms with Gasteiger partial charge in [-0.25, -0.2) is 9.89 Å². The number of hydrogen-bond donors (Lipinski definition) is 2. The third-order valence-electron chi connectivity index (χ3n) is 5.68. The Kier molecular flexibility index (Phi) is 2.38. The first kappa shape index (κ1) is 12.1. The van der Waals surface area contributed by atoms with Crippen molar-refractivity contribution >= 4 is 5.97 Å². The van der Waals surface area contributed by atoms with E-state index in [1.54, 1.807) is 6.20 Å². The number of nitrogens with zero attached hydrogens (tertiary/aromatic N) is 1. The zero-order chi connectivity index (χ0) is 13.9. The molecule has 1 heterocycles. The fourth-order valence-corrected chi connectivity index (χ4v) is 5.45. The van der Waals surface area contributed by atoms with Gasteiger partial charge in [0.15, 0.2) is 0 Å². The van der Waals surface area contributed by atoms with Gasteiger partial charge in [-0.3, -0.25) is 4.79 Å². The van der Waals surface area contributed by atoms with E-state index < -0.39 is 11.5 Å². The standard InChI is InChI=1S/C15H18N2O3/c18-13-12(14(19)20)11(7-16-17-13)15-4-8-1-9(5-15)3-10(2-8)6-15/h7-10H,1-6H2,(H,17,18)(H,19,20). The van der Waals surface area contributed by atoms with E-state index in [1.807, 2.05) is 0 Å². The highest BCUT2D eigenvalue weighted by molar-refractivity contribution is 5.89. The zero-order valence-electron chi connectivity index (χ0n) is 11.3. The van der Waals surface area contributed by atoms with Crippen molar-refractivity contribution in [1.29, 1.82) is 0 Å². The Balaban J connectivity index is 1.87. The van der Waals surface area contributed by atoms with Gasteiger partial charge in [-0.15, -0.1) is 0 Å². The summed E-state index contributed by atoms with van der Waals surface area (Å²) in [6.45, 7) is 0. The number of H-pyrrole nitrogens is 1. The summed E-state index contributed by atoms with van der Waals surface area (Å²) in [5, 5.41) is 15.6. The number of carboxylic acids is 1. The SMILES string of the molecule is O=C(O)c1c(C23CC4CC(CC(C4)C2)C3)cn[nH]c1=O. The molecule has 5 heteroatoms. The second-order valence-electron chi connectivity index (χ2n) is 6.99. The highest BCUT2D eigenvalue weighted by Crippen LogP contribution is 2.60. The molecule has 4 aliphatic carbocycles. The van der Waals surface area contributed by atoms with Crippen LogP contribution in [0.4, 0.5) is 0 Å². The average Bonchev–Trinajstić information content (AvgIpc) is 2.36. The molecule has 0 atom stereocenters. The van der Waals surface area contributed by atoms with E-state index in [0.29, 0.717) is 23.3 Å². The summed E-state index contributed by atoms with van der Waals surface area (Å²) in [7, 11) is 0. The maximum atomic E-state index is 11.9. The lowest BCUT2D eigenvalue weighted by molar-refractivity contribution is -0.00612. The van der Waals surface area contributed by atoms with Crippen LogP contribution in [0.1, 0.15) is 54.4 Å². The van der Waals surface area contributed by atoms with Gasteiger partial charge in [-0.2, -0.15) is 5.10 Å². The number of nitrogens with one attached hydrogen (secondary N) is 1. The smallest absolute Gasteiger partial charge is 0.341 e. The summed E-state index contributed by atoms with van der Waals surface area (Å²) < 4.78 is 0. The molecule has 5 rings (SSSR count). The van der Waals surface area contributed by atoms with E-state index in [2.05, 4.69) is 10.2 Å². The minimum atomic E-state index is -1.13. The summed E-state index contributed by atoms with van der Waals surface area (Å²) in [5.41, 5.74) is -0.0652. The molecular formula is C15H18N2O3. The molecule has 4 aliphatic rings. The second-order valence-corrected chi connectivity index (χ2v) is 6.99. The monoisotopic (exact) mass is 274 g/mol. The Labute approximate surface area is 116 Å². The van der Waals surface area contributed by atoms with Crippen LogP contribution in [0.5, 0.6) is 0 Å². The van der Waals surface area contributed by atoms with Crippen LogP contribution in [0.15, 0.2) is 11.0 Å². The minimum Gasteiger partial charge on any atom is -0.477 e. The fraction of sp³-hybridized carbons (Fsp3) is 0.667. The summed E-state index contributed by atoms with van der Waals surface area (Å²) in [4.78, 5) is 23.4. The summed E-state index contributed by atoms with van der Waals surface area (Å²) in [6, 6.07) is 0. The molecule has 5 nitrogen and oxygen atoms in total. The number of aromatic carboxylic acids is 1. The van der Waals surface area contributed by atoms with Crippen molar-refractivity contribution in [3.8, 4) is 0 Å². The van der Waals surface area contributed by atoms with E-state index in [4.69, 9.17) is 0 Å². The second kappa shape index (κ2) is 3.93. The third-order valence-corrected chi connectivity index (χ3v) is 5.68. The van der Waals surface area contributed by atoms with Gasteiger partial charge in [-0.1, -0.05) is 0 Å². The van der Waals surface area contributed by atoms with E-state index in [1.165, 1.54) is 19.3 Å². The molecule has 0 aromatic carbocycles. The Morgan fingerprint density at radius 3 is 2.25 bits per heavy atom. The van der Waals surface area contributed by atoms with Crippen LogP contribution in [-0.4, -0.2) is 21.3 Å². The van der Waals surface area contributed by atoms with Gasteiger partial charge in [0.1, 0.15) is 5.56 Å². The Bertz CT molecular complexity index is 599. The number of hydrogen-bond acceptors (Lipinski definition) is 3. The summed E-state index contributed by atoms with van der Waals surface area (Å²) in [6.07, 6.45) is 8.56. The van der Waals surface area contributed by atoms with Crippen LogP contribution in [0.3, 0.4) is 0 Å². The van der Waals surface area contributed by atoms with Gasteiger partial charge in [0, 0.05) is 0 Å². The highest BCUT2D eigenvalue weighted by Gasteiger charge is 2.53. The molecule has 4 saturated carbocycles. The number of rotatable bonds is 2. The van der Waals surface area contributed by atoms with Gasteiger partial charge in [0.25, 0.3) is 5.56 Å². The van der Waals surface area contributed by atoms with Crippen LogP contribution < -0.4 is 5.56 Å². The van der Waals surface area contributed by atoms with Gasteiger partial charge < -0.3 is 5.11 Å². The number of carbonyl (C=O) groups is 1. The van der Waals surface area contributed by atoms with Crippen molar-refractivity contribution in [3.05, 3.63) is 27.7 Å². The van der Waals surface area contributed by atoms with Crippen molar-refractivity contribution in [3.63, 3.8) is 0 Å². The molecular weight excluding hydrogens is 256 g/mol. The van der Waals surface area contributed by atoms with E-state index in [0.717, 1.165) is 19.3 Å². The molecule has 0 aliphatic heterocycles. The summed E-state index contributed by atoms with van der Waals surface area (Å²) >= 11 is 0. The molecule has 0 radical (unpaired) electrons. The molecule has 0 spiro atoms. The average molecular weight is 274 g/mol. The minimum absolute atomic E-state index is 0.0815. The largest absolute Gasteiger partial charge is 0.477 e. The van der Waals surface area contributed by atoms with Gasteiger partial charge >= 0.3 is 5.97 Å². The zero-order valence-corrected chi connectivity index (χ0v) is 11.3. The Morgan fingerprint density at radius 1 is 1.20 bits per heavy atom. The molecule has 106 valence electrons. The molecule has 1 aromatic heterocycles. The van der Waals surface area contributed by atoms with Crippen LogP contribution in [0, 0.1) is 17.8 Å². The van der Waals surface area contributed by atoms with Crippen molar-refractivity contribution in [2.45, 2.75) is 43.9 Å². The van der Waals surface area contributed by atoms with Gasteiger partial charge in [0.2, 0.25) is 0 Å². The summed E-state index contributed by atoms with van der Waals surface area (Å²) in [5.74, 6) is 1.01. The first-order chi connectivity index (χ1) is 9.57. The lowest BCUT2D eigenvalue weighted by atomic mass is 9.48. The molecule has 0 amide bonds. The molecule has 20 heavy (non-hydrogen) atoms. The molecule has 1 aromatic rings. The Morgan fingerprint density at radius 2 is 1.75 bits per heavy atom. The molecule has 4 bridgehead atoms. The maximum Gasteiger partial charge on any atom is 0.341 e. The first-order valence-electron chi connectivity index (χ1n) is 7.39. The first-order valence-corrected chi connectivity index (χ1v) is 7.39. The lowest BCUT2D eigenvalue weighted by Gasteiger charge is -2.57. The van der Waals surface area contributed by atoms with Crippen LogP contribution in [-0.2, 0) is 5.41 Å². The van der Waals surface area contributed by atoms with Crippen LogP contribution in [0.25, 0.3) is 0 Å². The van der Waals surface area contributed by atoms with Crippen molar-refractivity contribution in [2.24, 2.45) is 17.8 Å². The fourth-order valence-electron chi connectivity index (χ4n) is 5.45. The maximum absolute atomic E-state index is 11.9. The van der Waals surface area contributed by atoms with E-state index in [9.17, 15) is 14.7 Å². The van der Waals surface area contributed by atoms with Gasteiger partial charge in [-0.05, 0) is 67.3 Å². The van der Waals surface area contributed by atoms with Crippen molar-refractivity contribution in [1.82, 2.24) is 10.2 Å². The normalized spacial score (nSPS) is 38.1. The predicted molar refractivity (Wildman–Crippen MR) is 71.7 cm³/mol. The number of aromatic nitrogens is 2. The van der Waals surface area contributed by atoms with E-state index >= 15 is 0 Å². The van der Waals surface area contributed by atoms with Crippen molar-refractivity contribution < 1.29 is 9.90 Å². The molecule has 0 unspecified atom stereocenters. The third kappa shape index (κ3) is 1.58. The quantitative estimate of drug-likeness (QED) is 0.863.